The number of nitrogens with zero attached hydrogens (tertiary/aromatic N) is 1. The number of hydrogen-bond donors (Lipinski definition) is 1. The molecule has 1 saturated carbocycles. The minimum Gasteiger partial charge on any atom is -0.399 e. The van der Waals surface area contributed by atoms with Gasteiger partial charge >= 0.3 is 0 Å². The fourth-order valence-corrected chi connectivity index (χ4v) is 3.53. The molecule has 0 bridgehead atoms. The van der Waals surface area contributed by atoms with Crippen LogP contribution in [0.25, 0.3) is 0 Å². The lowest BCUT2D eigenvalue weighted by atomic mass is 10.0. The van der Waals surface area contributed by atoms with Gasteiger partial charge in [0, 0.05) is 24.8 Å². The summed E-state index contributed by atoms with van der Waals surface area (Å²) in [5, 5.41) is 0. The number of fused-ring (bicyclic) bond motifs is 1. The molecule has 2 unspecified atom stereocenters. The predicted octanol–water partition coefficient (Wildman–Crippen LogP) is 3.55. The summed E-state index contributed by atoms with van der Waals surface area (Å²) in [7, 11) is 0. The quantitative estimate of drug-likeness (QED) is 0.604. The van der Waals surface area contributed by atoms with Crippen LogP contribution in [0.5, 0.6) is 0 Å². The zero-order valence-corrected chi connectivity index (χ0v) is 11.4. The first-order valence-electron chi connectivity index (χ1n) is 7.33. The van der Waals surface area contributed by atoms with Crippen LogP contribution < -0.4 is 5.73 Å². The number of anilines is 1. The molecule has 18 heavy (non-hydrogen) atoms. The molecule has 2 aliphatic rings. The van der Waals surface area contributed by atoms with Crippen molar-refractivity contribution in [3.8, 4) is 0 Å². The van der Waals surface area contributed by atoms with Gasteiger partial charge in [0.15, 0.2) is 0 Å². The van der Waals surface area contributed by atoms with Crippen molar-refractivity contribution < 1.29 is 0 Å². The van der Waals surface area contributed by atoms with Crippen molar-refractivity contribution in [2.75, 3.05) is 5.73 Å². The first-order valence-corrected chi connectivity index (χ1v) is 7.33. The number of rotatable bonds is 1. The highest BCUT2D eigenvalue weighted by Crippen LogP contribution is 2.32. The highest BCUT2D eigenvalue weighted by molar-refractivity contribution is 5.46. The second kappa shape index (κ2) is 4.93. The molecule has 0 amide bonds. The third-order valence-corrected chi connectivity index (χ3v) is 4.72. The van der Waals surface area contributed by atoms with Crippen molar-refractivity contribution in [2.24, 2.45) is 5.92 Å². The van der Waals surface area contributed by atoms with Gasteiger partial charge in [-0.25, -0.2) is 0 Å². The van der Waals surface area contributed by atoms with E-state index in [1.165, 1.54) is 43.2 Å². The average Bonchev–Trinajstić information content (AvgIpc) is 2.63. The van der Waals surface area contributed by atoms with Gasteiger partial charge in [-0.1, -0.05) is 25.8 Å². The minimum absolute atomic E-state index is 0.795. The lowest BCUT2D eigenvalue weighted by Gasteiger charge is -2.26. The van der Waals surface area contributed by atoms with E-state index in [-0.39, 0.29) is 0 Å². The van der Waals surface area contributed by atoms with Gasteiger partial charge in [-0.15, -0.1) is 0 Å². The standard InChI is InChI=1S/C16H24N2/c1-12-3-2-4-16(8-5-12)18-10-13-6-7-15(17)9-14(13)11-18/h6-7,9,12,16H,2-5,8,10-11,17H2,1H3. The first-order chi connectivity index (χ1) is 8.72. The lowest BCUT2D eigenvalue weighted by molar-refractivity contribution is 0.179. The van der Waals surface area contributed by atoms with Gasteiger partial charge in [0.25, 0.3) is 0 Å². The molecule has 1 heterocycles. The van der Waals surface area contributed by atoms with Crippen molar-refractivity contribution >= 4 is 5.69 Å². The van der Waals surface area contributed by atoms with E-state index < -0.39 is 0 Å². The van der Waals surface area contributed by atoms with Crippen LogP contribution in [0.3, 0.4) is 0 Å². The van der Waals surface area contributed by atoms with Crippen LogP contribution in [-0.4, -0.2) is 10.9 Å². The average molecular weight is 244 g/mol. The number of hydrogen-bond acceptors (Lipinski definition) is 2. The van der Waals surface area contributed by atoms with E-state index in [1.807, 2.05) is 6.07 Å². The molecule has 3 rings (SSSR count). The minimum atomic E-state index is 0.795. The Morgan fingerprint density at radius 3 is 2.78 bits per heavy atom. The maximum Gasteiger partial charge on any atom is 0.0317 e. The molecular formula is C16H24N2. The van der Waals surface area contributed by atoms with Gasteiger partial charge in [-0.2, -0.15) is 0 Å². The summed E-state index contributed by atoms with van der Waals surface area (Å²) in [4.78, 5) is 2.67. The molecule has 1 aliphatic carbocycles. The van der Waals surface area contributed by atoms with E-state index in [0.717, 1.165) is 30.7 Å². The van der Waals surface area contributed by atoms with Crippen LogP contribution >= 0.6 is 0 Å². The van der Waals surface area contributed by atoms with E-state index in [1.54, 1.807) is 0 Å². The summed E-state index contributed by atoms with van der Waals surface area (Å²) in [5.41, 5.74) is 9.73. The van der Waals surface area contributed by atoms with E-state index >= 15 is 0 Å². The summed E-state index contributed by atoms with van der Waals surface area (Å²) < 4.78 is 0. The van der Waals surface area contributed by atoms with Crippen LogP contribution in [-0.2, 0) is 13.1 Å². The fraction of sp³-hybridized carbons (Fsp3) is 0.625. The number of nitrogens with two attached hydrogens (primary N) is 1. The molecule has 2 heteroatoms. The molecule has 2 atom stereocenters. The van der Waals surface area contributed by atoms with Gasteiger partial charge in [-0.3, -0.25) is 4.90 Å². The number of nitrogen functional groups attached to an aromatic ring is 1. The summed E-state index contributed by atoms with van der Waals surface area (Å²) in [6.45, 7) is 4.65. The Balaban J connectivity index is 1.69. The number of benzene rings is 1. The maximum absolute atomic E-state index is 5.88. The molecule has 0 spiro atoms. The Hall–Kier alpha value is -1.02. The summed E-state index contributed by atoms with van der Waals surface area (Å²) in [6, 6.07) is 7.21. The van der Waals surface area contributed by atoms with E-state index in [9.17, 15) is 0 Å². The SMILES string of the molecule is CC1CCCC(N2Cc3ccc(N)cc3C2)CC1. The Bertz CT molecular complexity index is 427. The van der Waals surface area contributed by atoms with Crippen LogP contribution in [0.4, 0.5) is 5.69 Å². The largest absolute Gasteiger partial charge is 0.399 e. The molecule has 1 aromatic carbocycles. The third kappa shape index (κ3) is 2.39. The summed E-state index contributed by atoms with van der Waals surface area (Å²) in [5.74, 6) is 0.927. The van der Waals surface area contributed by atoms with Crippen LogP contribution in [0.15, 0.2) is 18.2 Å². The van der Waals surface area contributed by atoms with E-state index in [4.69, 9.17) is 5.73 Å². The second-order valence-corrected chi connectivity index (χ2v) is 6.20. The van der Waals surface area contributed by atoms with Crippen LogP contribution in [0, 0.1) is 5.92 Å². The molecule has 1 aliphatic heterocycles. The topological polar surface area (TPSA) is 29.3 Å². The predicted molar refractivity (Wildman–Crippen MR) is 76.1 cm³/mol. The molecule has 0 saturated heterocycles. The monoisotopic (exact) mass is 244 g/mol. The smallest absolute Gasteiger partial charge is 0.0317 e. The van der Waals surface area contributed by atoms with Crippen LogP contribution in [0.2, 0.25) is 0 Å². The van der Waals surface area contributed by atoms with Gasteiger partial charge in [0.05, 0.1) is 0 Å². The van der Waals surface area contributed by atoms with Gasteiger partial charge in [-0.05, 0) is 48.4 Å². The highest BCUT2D eigenvalue weighted by atomic mass is 15.2. The molecule has 2 N–H and O–H groups in total. The van der Waals surface area contributed by atoms with Crippen molar-refractivity contribution in [3.63, 3.8) is 0 Å². The Labute approximate surface area is 110 Å². The van der Waals surface area contributed by atoms with Crippen molar-refractivity contribution in [1.29, 1.82) is 0 Å². The molecular weight excluding hydrogens is 220 g/mol. The third-order valence-electron chi connectivity index (χ3n) is 4.72. The normalized spacial score (nSPS) is 28.9. The molecule has 2 nitrogen and oxygen atoms in total. The second-order valence-electron chi connectivity index (χ2n) is 6.20. The Morgan fingerprint density at radius 2 is 1.89 bits per heavy atom. The first kappa shape index (κ1) is 12.0. The van der Waals surface area contributed by atoms with Gasteiger partial charge in [0.2, 0.25) is 0 Å². The summed E-state index contributed by atoms with van der Waals surface area (Å²) >= 11 is 0. The lowest BCUT2D eigenvalue weighted by Crippen LogP contribution is -2.30. The zero-order chi connectivity index (χ0) is 12.5. The van der Waals surface area contributed by atoms with E-state index in [2.05, 4.69) is 24.0 Å². The Morgan fingerprint density at radius 1 is 1.06 bits per heavy atom. The summed E-state index contributed by atoms with van der Waals surface area (Å²) in [6.07, 6.45) is 6.99. The molecule has 1 aromatic rings. The van der Waals surface area contributed by atoms with E-state index in [0.29, 0.717) is 0 Å². The van der Waals surface area contributed by atoms with Crippen LogP contribution in [0.1, 0.15) is 50.2 Å². The Kier molecular flexibility index (Phi) is 3.29. The highest BCUT2D eigenvalue weighted by Gasteiger charge is 2.27. The molecule has 0 radical (unpaired) electrons. The van der Waals surface area contributed by atoms with Crippen molar-refractivity contribution in [3.05, 3.63) is 29.3 Å². The molecule has 98 valence electrons. The zero-order valence-electron chi connectivity index (χ0n) is 11.4. The maximum atomic E-state index is 5.88. The van der Waals surface area contributed by atoms with Gasteiger partial charge < -0.3 is 5.73 Å². The fourth-order valence-electron chi connectivity index (χ4n) is 3.53. The molecule has 0 aromatic heterocycles. The van der Waals surface area contributed by atoms with Crippen molar-refractivity contribution in [2.45, 2.75) is 58.2 Å². The molecule has 1 fully saturated rings. The van der Waals surface area contributed by atoms with Crippen molar-refractivity contribution in [1.82, 2.24) is 4.90 Å². The van der Waals surface area contributed by atoms with Gasteiger partial charge in [0.1, 0.15) is 0 Å².